The average Bonchev–Trinajstić information content (AvgIpc) is 2.35. The highest BCUT2D eigenvalue weighted by Gasteiger charge is 2.15. The molecule has 0 bridgehead atoms. The first kappa shape index (κ1) is 14.7. The maximum absolute atomic E-state index is 9.06. The zero-order chi connectivity index (χ0) is 12.8. The van der Waals surface area contributed by atoms with Crippen LogP contribution in [0, 0.1) is 0 Å². The van der Waals surface area contributed by atoms with E-state index < -0.39 is 0 Å². The summed E-state index contributed by atoms with van der Waals surface area (Å²) in [6.45, 7) is 2.22. The maximum Gasteiger partial charge on any atom is 0.0682 e. The first-order chi connectivity index (χ1) is 8.13. The summed E-state index contributed by atoms with van der Waals surface area (Å²) in [6, 6.07) is 6.22. The molecule has 0 aliphatic heterocycles. The van der Waals surface area contributed by atoms with Crippen LogP contribution in [0.2, 0.25) is 5.02 Å². The molecule has 0 spiro atoms. The van der Waals surface area contributed by atoms with Gasteiger partial charge in [0, 0.05) is 18.8 Å². The van der Waals surface area contributed by atoms with Crippen LogP contribution in [0.1, 0.15) is 18.9 Å². The van der Waals surface area contributed by atoms with Crippen molar-refractivity contribution >= 4 is 29.1 Å². The SMILES string of the molecule is CCC(CSC)N(C)c1ccc(CO)cc1Cl. The van der Waals surface area contributed by atoms with E-state index in [1.54, 1.807) is 0 Å². The highest BCUT2D eigenvalue weighted by molar-refractivity contribution is 7.98. The normalized spacial score (nSPS) is 12.5. The number of rotatable bonds is 6. The molecule has 4 heteroatoms. The van der Waals surface area contributed by atoms with E-state index >= 15 is 0 Å². The minimum absolute atomic E-state index is 0.0335. The first-order valence-electron chi connectivity index (χ1n) is 5.75. The molecule has 17 heavy (non-hydrogen) atoms. The molecule has 96 valence electrons. The molecular weight excluding hydrogens is 254 g/mol. The molecule has 1 unspecified atom stereocenters. The van der Waals surface area contributed by atoms with Gasteiger partial charge in [0.15, 0.2) is 0 Å². The fraction of sp³-hybridized carbons (Fsp3) is 0.538. The Kier molecular flexibility index (Phi) is 6.17. The van der Waals surface area contributed by atoms with Crippen LogP contribution in [0.5, 0.6) is 0 Å². The standard InChI is InChI=1S/C13H20ClNOS/c1-4-11(9-17-3)15(2)13-6-5-10(8-16)7-12(13)14/h5-7,11,16H,4,8-9H2,1-3H3. The molecule has 0 aliphatic rings. The lowest BCUT2D eigenvalue weighted by Crippen LogP contribution is -2.33. The van der Waals surface area contributed by atoms with Gasteiger partial charge >= 0.3 is 0 Å². The smallest absolute Gasteiger partial charge is 0.0682 e. The third-order valence-electron chi connectivity index (χ3n) is 2.95. The van der Waals surface area contributed by atoms with Crippen LogP contribution in [0.15, 0.2) is 18.2 Å². The van der Waals surface area contributed by atoms with Crippen LogP contribution in [-0.2, 0) is 6.61 Å². The lowest BCUT2D eigenvalue weighted by atomic mass is 10.1. The summed E-state index contributed by atoms with van der Waals surface area (Å²) in [5, 5.41) is 9.76. The van der Waals surface area contributed by atoms with Gasteiger partial charge in [-0.1, -0.05) is 24.6 Å². The van der Waals surface area contributed by atoms with Gasteiger partial charge in [-0.05, 0) is 30.4 Å². The van der Waals surface area contributed by atoms with Gasteiger partial charge in [0.2, 0.25) is 0 Å². The molecule has 2 nitrogen and oxygen atoms in total. The van der Waals surface area contributed by atoms with Gasteiger partial charge in [-0.3, -0.25) is 0 Å². The van der Waals surface area contributed by atoms with Crippen LogP contribution >= 0.6 is 23.4 Å². The van der Waals surface area contributed by atoms with Crippen LogP contribution in [0.25, 0.3) is 0 Å². The van der Waals surface area contributed by atoms with E-state index in [2.05, 4.69) is 25.1 Å². The predicted molar refractivity (Wildman–Crippen MR) is 78.2 cm³/mol. The summed E-state index contributed by atoms with van der Waals surface area (Å²) in [7, 11) is 2.07. The minimum Gasteiger partial charge on any atom is -0.392 e. The Morgan fingerprint density at radius 1 is 1.47 bits per heavy atom. The molecule has 0 saturated heterocycles. The van der Waals surface area contributed by atoms with Crippen molar-refractivity contribution in [1.82, 2.24) is 0 Å². The lowest BCUT2D eigenvalue weighted by molar-refractivity contribution is 0.282. The van der Waals surface area contributed by atoms with Crippen LogP contribution in [-0.4, -0.2) is 30.2 Å². The van der Waals surface area contributed by atoms with Crippen molar-refractivity contribution in [2.24, 2.45) is 0 Å². The highest BCUT2D eigenvalue weighted by Crippen LogP contribution is 2.28. The van der Waals surface area contributed by atoms with Crippen molar-refractivity contribution in [2.45, 2.75) is 26.0 Å². The number of aliphatic hydroxyl groups excluding tert-OH is 1. The molecule has 0 amide bonds. The zero-order valence-corrected chi connectivity index (χ0v) is 12.2. The number of benzene rings is 1. The van der Waals surface area contributed by atoms with E-state index in [9.17, 15) is 0 Å². The van der Waals surface area contributed by atoms with E-state index in [-0.39, 0.29) is 6.61 Å². The van der Waals surface area contributed by atoms with Gasteiger partial charge in [-0.15, -0.1) is 0 Å². The first-order valence-corrected chi connectivity index (χ1v) is 7.52. The molecule has 1 atom stereocenters. The molecule has 1 N–H and O–H groups in total. The fourth-order valence-electron chi connectivity index (χ4n) is 1.83. The van der Waals surface area contributed by atoms with Crippen LogP contribution in [0.3, 0.4) is 0 Å². The second kappa shape index (κ2) is 7.14. The van der Waals surface area contributed by atoms with Gasteiger partial charge in [0.05, 0.1) is 17.3 Å². The molecular formula is C13H20ClNOS. The zero-order valence-electron chi connectivity index (χ0n) is 10.6. The number of halogens is 1. The number of aliphatic hydroxyl groups is 1. The number of hydrogen-bond donors (Lipinski definition) is 1. The van der Waals surface area contributed by atoms with Crippen molar-refractivity contribution in [1.29, 1.82) is 0 Å². The largest absolute Gasteiger partial charge is 0.392 e. The average molecular weight is 274 g/mol. The van der Waals surface area contributed by atoms with E-state index in [0.29, 0.717) is 11.1 Å². The number of anilines is 1. The van der Waals surface area contributed by atoms with Gasteiger partial charge in [0.25, 0.3) is 0 Å². The van der Waals surface area contributed by atoms with E-state index in [0.717, 1.165) is 23.4 Å². The van der Waals surface area contributed by atoms with Gasteiger partial charge in [-0.2, -0.15) is 11.8 Å². The number of nitrogens with zero attached hydrogens (tertiary/aromatic N) is 1. The summed E-state index contributed by atoms with van der Waals surface area (Å²) in [5.41, 5.74) is 1.88. The Bertz CT molecular complexity index is 359. The summed E-state index contributed by atoms with van der Waals surface area (Å²) in [5.74, 6) is 1.09. The summed E-state index contributed by atoms with van der Waals surface area (Å²) >= 11 is 8.09. The van der Waals surface area contributed by atoms with Crippen molar-refractivity contribution < 1.29 is 5.11 Å². The monoisotopic (exact) mass is 273 g/mol. The van der Waals surface area contributed by atoms with Crippen molar-refractivity contribution in [3.63, 3.8) is 0 Å². The summed E-state index contributed by atoms with van der Waals surface area (Å²) < 4.78 is 0. The number of hydrogen-bond acceptors (Lipinski definition) is 3. The summed E-state index contributed by atoms with van der Waals surface area (Å²) in [4.78, 5) is 2.22. The molecule has 1 aromatic rings. The molecule has 1 rings (SSSR count). The second-order valence-electron chi connectivity index (χ2n) is 4.07. The lowest BCUT2D eigenvalue weighted by Gasteiger charge is -2.29. The quantitative estimate of drug-likeness (QED) is 0.859. The highest BCUT2D eigenvalue weighted by atomic mass is 35.5. The number of thioether (sulfide) groups is 1. The van der Waals surface area contributed by atoms with E-state index in [4.69, 9.17) is 16.7 Å². The van der Waals surface area contributed by atoms with Crippen molar-refractivity contribution in [3.8, 4) is 0 Å². The molecule has 0 aliphatic carbocycles. The fourth-order valence-corrected chi connectivity index (χ4v) is 3.01. The third kappa shape index (κ3) is 3.80. The van der Waals surface area contributed by atoms with Crippen LogP contribution in [0.4, 0.5) is 5.69 Å². The van der Waals surface area contributed by atoms with E-state index in [1.807, 2.05) is 30.0 Å². The molecule has 0 radical (unpaired) electrons. The van der Waals surface area contributed by atoms with Crippen molar-refractivity contribution in [3.05, 3.63) is 28.8 Å². The Morgan fingerprint density at radius 3 is 2.65 bits per heavy atom. The maximum atomic E-state index is 9.06. The van der Waals surface area contributed by atoms with Gasteiger partial charge in [0.1, 0.15) is 0 Å². The molecule has 0 aromatic heterocycles. The Balaban J connectivity index is 2.90. The predicted octanol–water partition coefficient (Wildman–Crippen LogP) is 3.41. The summed E-state index contributed by atoms with van der Waals surface area (Å²) in [6.07, 6.45) is 3.21. The van der Waals surface area contributed by atoms with Gasteiger partial charge < -0.3 is 10.0 Å². The topological polar surface area (TPSA) is 23.5 Å². The Morgan fingerprint density at radius 2 is 2.18 bits per heavy atom. The molecule has 0 heterocycles. The van der Waals surface area contributed by atoms with Crippen LogP contribution < -0.4 is 4.90 Å². The Hall–Kier alpha value is -0.380. The third-order valence-corrected chi connectivity index (χ3v) is 3.97. The molecule has 0 saturated carbocycles. The molecule has 0 fully saturated rings. The molecule has 1 aromatic carbocycles. The van der Waals surface area contributed by atoms with Gasteiger partial charge in [-0.25, -0.2) is 0 Å². The minimum atomic E-state index is 0.0335. The Labute approximate surface area is 113 Å². The van der Waals surface area contributed by atoms with E-state index in [1.165, 1.54) is 0 Å². The second-order valence-corrected chi connectivity index (χ2v) is 5.39. The van der Waals surface area contributed by atoms with Crippen molar-refractivity contribution in [2.75, 3.05) is 24.0 Å².